The van der Waals surface area contributed by atoms with E-state index in [0.717, 1.165) is 0 Å². The molecule has 4 N–H and O–H groups in total. The normalized spacial score (nSPS) is 22.1. The molecular formula is C14H19N5O4S. The fourth-order valence-electron chi connectivity index (χ4n) is 2.92. The molecule has 0 bridgehead atoms. The molecule has 2 amide bonds. The second-order valence-corrected chi connectivity index (χ2v) is 7.83. The average molecular weight is 353 g/mol. The Balaban J connectivity index is 1.95. The maximum absolute atomic E-state index is 12.8. The lowest BCUT2D eigenvalue weighted by Crippen LogP contribution is -2.47. The van der Waals surface area contributed by atoms with E-state index in [4.69, 9.17) is 5.84 Å². The predicted octanol–water partition coefficient (Wildman–Crippen LogP) is -1.35. The van der Waals surface area contributed by atoms with Gasteiger partial charge in [0, 0.05) is 31.9 Å². The largest absolute Gasteiger partial charge is 0.325 e. The standard InChI is InChI=1S/C14H19N5O4S/c1-18-4-6-19(7-5-18)24(22,23)9-2-3-11-10(8-9)12(13(20)16-11)14(21)17-15/h2-3,8,12H,4-7,15H2,1H3,(H,16,20)(H,17,21). The molecule has 10 heteroatoms. The highest BCUT2D eigenvalue weighted by Crippen LogP contribution is 2.35. The van der Waals surface area contributed by atoms with Crippen LogP contribution in [0.15, 0.2) is 23.1 Å². The van der Waals surface area contributed by atoms with Gasteiger partial charge in [-0.1, -0.05) is 0 Å². The van der Waals surface area contributed by atoms with Crippen molar-refractivity contribution in [3.05, 3.63) is 23.8 Å². The molecule has 0 aromatic heterocycles. The number of carbonyl (C=O) groups is 2. The topological polar surface area (TPSA) is 125 Å². The van der Waals surface area contributed by atoms with Crippen LogP contribution in [0.1, 0.15) is 11.5 Å². The van der Waals surface area contributed by atoms with Gasteiger partial charge in [0.05, 0.1) is 4.90 Å². The Morgan fingerprint density at radius 3 is 2.58 bits per heavy atom. The summed E-state index contributed by atoms with van der Waals surface area (Å²) < 4.78 is 27.0. The summed E-state index contributed by atoms with van der Waals surface area (Å²) in [6.45, 7) is 2.12. The third kappa shape index (κ3) is 2.77. The maximum atomic E-state index is 12.8. The molecule has 9 nitrogen and oxygen atoms in total. The summed E-state index contributed by atoms with van der Waals surface area (Å²) in [4.78, 5) is 25.9. The number of sulfonamides is 1. The molecule has 0 radical (unpaired) electrons. The predicted molar refractivity (Wildman–Crippen MR) is 86.4 cm³/mol. The number of nitrogens with zero attached hydrogens (tertiary/aromatic N) is 2. The molecule has 0 aliphatic carbocycles. The number of fused-ring (bicyclic) bond motifs is 1. The number of piperazine rings is 1. The fraction of sp³-hybridized carbons (Fsp3) is 0.429. The van der Waals surface area contributed by atoms with Gasteiger partial charge >= 0.3 is 0 Å². The van der Waals surface area contributed by atoms with Crippen molar-refractivity contribution in [3.63, 3.8) is 0 Å². The number of nitrogens with one attached hydrogen (secondary N) is 2. The summed E-state index contributed by atoms with van der Waals surface area (Å²) in [6, 6.07) is 4.32. The van der Waals surface area contributed by atoms with Crippen molar-refractivity contribution in [2.24, 2.45) is 5.84 Å². The molecule has 1 unspecified atom stereocenters. The molecule has 2 aliphatic heterocycles. The van der Waals surface area contributed by atoms with E-state index in [1.807, 2.05) is 12.5 Å². The quantitative estimate of drug-likeness (QED) is 0.267. The molecular weight excluding hydrogens is 334 g/mol. The van der Waals surface area contributed by atoms with Gasteiger partial charge in [0.2, 0.25) is 15.9 Å². The SMILES string of the molecule is CN1CCN(S(=O)(=O)c2ccc3c(c2)C(C(=O)NN)C(=O)N3)CC1. The number of carbonyl (C=O) groups excluding carboxylic acids is 2. The Kier molecular flexibility index (Phi) is 4.30. The van der Waals surface area contributed by atoms with Crippen LogP contribution in [0.5, 0.6) is 0 Å². The van der Waals surface area contributed by atoms with Gasteiger partial charge in [0.15, 0.2) is 0 Å². The van der Waals surface area contributed by atoms with Crippen LogP contribution >= 0.6 is 0 Å². The van der Waals surface area contributed by atoms with Crippen molar-refractivity contribution >= 4 is 27.5 Å². The zero-order chi connectivity index (χ0) is 17.5. The first kappa shape index (κ1) is 16.8. The van der Waals surface area contributed by atoms with Crippen LogP contribution < -0.4 is 16.6 Å². The maximum Gasteiger partial charge on any atom is 0.251 e. The number of hydrazine groups is 1. The van der Waals surface area contributed by atoms with E-state index < -0.39 is 27.8 Å². The average Bonchev–Trinajstić information content (AvgIpc) is 2.89. The van der Waals surface area contributed by atoms with Crippen molar-refractivity contribution in [2.45, 2.75) is 10.8 Å². The van der Waals surface area contributed by atoms with Gasteiger partial charge in [-0.15, -0.1) is 0 Å². The van der Waals surface area contributed by atoms with Crippen LogP contribution in [-0.4, -0.2) is 62.7 Å². The fourth-order valence-corrected chi connectivity index (χ4v) is 4.38. The van der Waals surface area contributed by atoms with E-state index in [0.29, 0.717) is 37.4 Å². The third-order valence-electron chi connectivity index (χ3n) is 4.36. The third-order valence-corrected chi connectivity index (χ3v) is 6.25. The summed E-state index contributed by atoms with van der Waals surface area (Å²) in [5.41, 5.74) is 2.68. The zero-order valence-corrected chi connectivity index (χ0v) is 14.0. The van der Waals surface area contributed by atoms with Crippen molar-refractivity contribution in [1.82, 2.24) is 14.6 Å². The molecule has 1 aromatic rings. The van der Waals surface area contributed by atoms with Crippen LogP contribution in [0.2, 0.25) is 0 Å². The zero-order valence-electron chi connectivity index (χ0n) is 13.2. The molecule has 24 heavy (non-hydrogen) atoms. The van der Waals surface area contributed by atoms with Gasteiger partial charge < -0.3 is 10.2 Å². The minimum Gasteiger partial charge on any atom is -0.325 e. The van der Waals surface area contributed by atoms with Crippen LogP contribution in [0, 0.1) is 0 Å². The number of hydrogen-bond acceptors (Lipinski definition) is 6. The lowest BCUT2D eigenvalue weighted by atomic mass is 10.0. The molecule has 1 saturated heterocycles. The van der Waals surface area contributed by atoms with Gasteiger partial charge in [-0.3, -0.25) is 15.0 Å². The molecule has 130 valence electrons. The molecule has 1 atom stereocenters. The van der Waals surface area contributed by atoms with Crippen LogP contribution in [0.3, 0.4) is 0 Å². The summed E-state index contributed by atoms with van der Waals surface area (Å²) in [6.07, 6.45) is 0. The molecule has 1 aromatic carbocycles. The summed E-state index contributed by atoms with van der Waals surface area (Å²) in [5, 5.41) is 2.56. The Labute approximate surface area is 139 Å². The summed E-state index contributed by atoms with van der Waals surface area (Å²) in [5.74, 6) is 2.76. The van der Waals surface area contributed by atoms with E-state index in [9.17, 15) is 18.0 Å². The second kappa shape index (κ2) is 6.13. The Morgan fingerprint density at radius 2 is 1.96 bits per heavy atom. The van der Waals surface area contributed by atoms with Gasteiger partial charge in [0.25, 0.3) is 5.91 Å². The number of anilines is 1. The summed E-state index contributed by atoms with van der Waals surface area (Å²) >= 11 is 0. The molecule has 2 heterocycles. The molecule has 0 saturated carbocycles. The first-order valence-electron chi connectivity index (χ1n) is 7.48. The minimum absolute atomic E-state index is 0.0668. The number of likely N-dealkylation sites (N-methyl/N-ethyl adjacent to an activating group) is 1. The van der Waals surface area contributed by atoms with Crippen molar-refractivity contribution < 1.29 is 18.0 Å². The van der Waals surface area contributed by atoms with Crippen molar-refractivity contribution in [1.29, 1.82) is 0 Å². The Bertz CT molecular complexity index is 778. The number of benzene rings is 1. The summed E-state index contributed by atoms with van der Waals surface area (Å²) in [7, 11) is -1.74. The first-order chi connectivity index (χ1) is 11.3. The number of amides is 2. The first-order valence-corrected chi connectivity index (χ1v) is 8.92. The van der Waals surface area contributed by atoms with Crippen LogP contribution in [-0.2, 0) is 19.6 Å². The molecule has 1 fully saturated rings. The van der Waals surface area contributed by atoms with E-state index in [1.165, 1.54) is 22.5 Å². The lowest BCUT2D eigenvalue weighted by molar-refractivity contribution is -0.128. The van der Waals surface area contributed by atoms with Crippen LogP contribution in [0.4, 0.5) is 5.69 Å². The van der Waals surface area contributed by atoms with Crippen LogP contribution in [0.25, 0.3) is 0 Å². The van der Waals surface area contributed by atoms with E-state index in [-0.39, 0.29) is 4.90 Å². The van der Waals surface area contributed by atoms with E-state index in [1.54, 1.807) is 0 Å². The highest BCUT2D eigenvalue weighted by Gasteiger charge is 2.38. The Hall–Kier alpha value is -2.01. The molecule has 2 aliphatic rings. The number of nitrogens with two attached hydrogens (primary N) is 1. The van der Waals surface area contributed by atoms with E-state index in [2.05, 4.69) is 10.2 Å². The smallest absolute Gasteiger partial charge is 0.251 e. The van der Waals surface area contributed by atoms with Gasteiger partial charge in [-0.05, 0) is 30.8 Å². The van der Waals surface area contributed by atoms with Gasteiger partial charge in [0.1, 0.15) is 5.92 Å². The van der Waals surface area contributed by atoms with E-state index >= 15 is 0 Å². The Morgan fingerprint density at radius 1 is 1.29 bits per heavy atom. The minimum atomic E-state index is -3.68. The monoisotopic (exact) mass is 353 g/mol. The molecule has 3 rings (SSSR count). The van der Waals surface area contributed by atoms with Crippen molar-refractivity contribution in [3.8, 4) is 0 Å². The lowest BCUT2D eigenvalue weighted by Gasteiger charge is -2.31. The van der Waals surface area contributed by atoms with Gasteiger partial charge in [-0.25, -0.2) is 14.3 Å². The molecule has 0 spiro atoms. The highest BCUT2D eigenvalue weighted by molar-refractivity contribution is 7.89. The van der Waals surface area contributed by atoms with Gasteiger partial charge in [-0.2, -0.15) is 4.31 Å². The second-order valence-electron chi connectivity index (χ2n) is 5.89. The van der Waals surface area contributed by atoms with Crippen molar-refractivity contribution in [2.75, 3.05) is 38.5 Å². The number of hydrogen-bond donors (Lipinski definition) is 3. The highest BCUT2D eigenvalue weighted by atomic mass is 32.2. The number of rotatable bonds is 3.